The highest BCUT2D eigenvalue weighted by atomic mass is 32.1. The fourth-order valence-electron chi connectivity index (χ4n) is 5.33. The molecule has 4 aromatic carbocycles. The van der Waals surface area contributed by atoms with Crippen LogP contribution in [0.4, 0.5) is 10.1 Å². The molecule has 1 aliphatic rings. The standard InChI is InChI=1S/C32H31FN2O2S/c1-34-29(9-5-6-22-10-15-26(33)16-11-22)31(28-19-12-23(21-36)20-30(28)37)35(32(34)38)27-17-13-25(14-18-27)24-7-3-2-4-8-24/h2-4,7-8,10-20,29,31,36-37H,5-6,9,21H2,1H3/t29-,31+/m0/s1. The molecule has 1 heterocycles. The summed E-state index contributed by atoms with van der Waals surface area (Å²) in [5.41, 5.74) is 5.75. The summed E-state index contributed by atoms with van der Waals surface area (Å²) in [6.07, 6.45) is 2.54. The first kappa shape index (κ1) is 25.9. The zero-order valence-corrected chi connectivity index (χ0v) is 22.1. The molecule has 1 aliphatic heterocycles. The Morgan fingerprint density at radius 3 is 2.16 bits per heavy atom. The van der Waals surface area contributed by atoms with E-state index in [-0.39, 0.29) is 30.3 Å². The molecule has 1 saturated heterocycles. The highest BCUT2D eigenvalue weighted by molar-refractivity contribution is 7.80. The Morgan fingerprint density at radius 2 is 1.50 bits per heavy atom. The molecule has 5 rings (SSSR count). The number of likely N-dealkylation sites (N-methyl/N-ethyl adjacent to an activating group) is 1. The second-order valence-electron chi connectivity index (χ2n) is 9.76. The zero-order valence-electron chi connectivity index (χ0n) is 21.3. The topological polar surface area (TPSA) is 46.9 Å². The number of hydrogen-bond donors (Lipinski definition) is 2. The molecule has 6 heteroatoms. The summed E-state index contributed by atoms with van der Waals surface area (Å²) in [7, 11) is 2.01. The predicted molar refractivity (Wildman–Crippen MR) is 155 cm³/mol. The van der Waals surface area contributed by atoms with Crippen molar-refractivity contribution in [2.45, 2.75) is 38.0 Å². The van der Waals surface area contributed by atoms with E-state index < -0.39 is 0 Å². The van der Waals surface area contributed by atoms with Gasteiger partial charge in [0.2, 0.25) is 0 Å². The lowest BCUT2D eigenvalue weighted by Crippen LogP contribution is -2.30. The minimum atomic E-state index is -0.231. The Morgan fingerprint density at radius 1 is 0.842 bits per heavy atom. The van der Waals surface area contributed by atoms with Crippen molar-refractivity contribution < 1.29 is 14.6 Å². The normalized spacial score (nSPS) is 17.3. The average molecular weight is 527 g/mol. The van der Waals surface area contributed by atoms with E-state index in [2.05, 4.69) is 46.2 Å². The molecule has 2 N–H and O–H groups in total. The van der Waals surface area contributed by atoms with Gasteiger partial charge in [-0.1, -0.05) is 66.7 Å². The maximum absolute atomic E-state index is 13.3. The van der Waals surface area contributed by atoms with Gasteiger partial charge in [0.15, 0.2) is 5.11 Å². The molecular weight excluding hydrogens is 495 g/mol. The third-order valence-electron chi connectivity index (χ3n) is 7.38. The summed E-state index contributed by atoms with van der Waals surface area (Å²) < 4.78 is 13.3. The number of aliphatic hydroxyl groups is 1. The van der Waals surface area contributed by atoms with Crippen molar-refractivity contribution >= 4 is 23.0 Å². The van der Waals surface area contributed by atoms with Gasteiger partial charge in [-0.2, -0.15) is 0 Å². The van der Waals surface area contributed by atoms with E-state index in [1.807, 2.05) is 49.5 Å². The van der Waals surface area contributed by atoms with E-state index in [1.54, 1.807) is 6.07 Å². The molecule has 0 bridgehead atoms. The molecule has 38 heavy (non-hydrogen) atoms. The number of nitrogens with zero attached hydrogens (tertiary/aromatic N) is 2. The second kappa shape index (κ2) is 11.3. The Bertz CT molecular complexity index is 1390. The lowest BCUT2D eigenvalue weighted by atomic mass is 9.92. The van der Waals surface area contributed by atoms with Crippen LogP contribution in [0.2, 0.25) is 0 Å². The minimum Gasteiger partial charge on any atom is -0.508 e. The van der Waals surface area contributed by atoms with E-state index in [0.717, 1.165) is 47.2 Å². The number of phenols is 1. The number of thiocarbonyl (C=S) groups is 1. The summed E-state index contributed by atoms with van der Waals surface area (Å²) in [6, 6.07) is 30.4. The molecule has 0 radical (unpaired) electrons. The van der Waals surface area contributed by atoms with Crippen molar-refractivity contribution in [1.82, 2.24) is 4.90 Å². The number of phenolic OH excluding ortho intramolecular Hbond substituents is 1. The van der Waals surface area contributed by atoms with Crippen molar-refractivity contribution in [3.8, 4) is 16.9 Å². The zero-order chi connectivity index (χ0) is 26.6. The van der Waals surface area contributed by atoms with Gasteiger partial charge in [-0.25, -0.2) is 4.39 Å². The molecule has 0 saturated carbocycles. The van der Waals surface area contributed by atoms with Crippen molar-refractivity contribution in [2.75, 3.05) is 11.9 Å². The summed E-state index contributed by atoms with van der Waals surface area (Å²) >= 11 is 5.96. The number of aromatic hydroxyl groups is 1. The van der Waals surface area contributed by atoms with Crippen LogP contribution in [-0.2, 0) is 13.0 Å². The number of hydrogen-bond acceptors (Lipinski definition) is 3. The van der Waals surface area contributed by atoms with Crippen LogP contribution in [-0.4, -0.2) is 33.3 Å². The van der Waals surface area contributed by atoms with Crippen molar-refractivity contribution in [3.05, 3.63) is 120 Å². The van der Waals surface area contributed by atoms with Gasteiger partial charge >= 0.3 is 0 Å². The Labute approximate surface area is 228 Å². The first-order chi connectivity index (χ1) is 18.5. The van der Waals surface area contributed by atoms with Crippen LogP contribution in [0, 0.1) is 5.82 Å². The summed E-state index contributed by atoms with van der Waals surface area (Å²) in [5, 5.41) is 21.3. The van der Waals surface area contributed by atoms with E-state index in [1.165, 1.54) is 12.1 Å². The molecule has 0 aromatic heterocycles. The number of aliphatic hydroxyl groups excluding tert-OH is 1. The fourth-order valence-corrected chi connectivity index (χ4v) is 5.69. The fraction of sp³-hybridized carbons (Fsp3) is 0.219. The summed E-state index contributed by atoms with van der Waals surface area (Å²) in [5.74, 6) is -0.0838. The van der Waals surface area contributed by atoms with Crippen molar-refractivity contribution in [2.24, 2.45) is 0 Å². The molecule has 4 nitrogen and oxygen atoms in total. The van der Waals surface area contributed by atoms with E-state index in [0.29, 0.717) is 10.7 Å². The minimum absolute atomic E-state index is 0.0163. The molecule has 0 spiro atoms. The van der Waals surface area contributed by atoms with Gasteiger partial charge < -0.3 is 20.0 Å². The Kier molecular flexibility index (Phi) is 7.72. The Hall–Kier alpha value is -3.74. The second-order valence-corrected chi connectivity index (χ2v) is 10.1. The van der Waals surface area contributed by atoms with E-state index >= 15 is 0 Å². The number of benzene rings is 4. The number of halogens is 1. The van der Waals surface area contributed by atoms with Gasteiger partial charge in [0, 0.05) is 18.3 Å². The SMILES string of the molecule is CN1C(=S)N(c2ccc(-c3ccccc3)cc2)[C@H](c2ccc(CO)cc2O)[C@@H]1CCCc1ccc(F)cc1. The average Bonchev–Trinajstić information content (AvgIpc) is 3.19. The first-order valence-electron chi connectivity index (χ1n) is 12.8. The first-order valence-corrected chi connectivity index (χ1v) is 13.3. The smallest absolute Gasteiger partial charge is 0.176 e. The molecule has 0 aliphatic carbocycles. The third-order valence-corrected chi connectivity index (χ3v) is 7.86. The van der Waals surface area contributed by atoms with Gasteiger partial charge in [-0.3, -0.25) is 0 Å². The number of anilines is 1. The molecule has 2 atom stereocenters. The van der Waals surface area contributed by atoms with Crippen LogP contribution in [0.5, 0.6) is 5.75 Å². The van der Waals surface area contributed by atoms with Gasteiger partial charge in [-0.05, 0) is 84.1 Å². The van der Waals surface area contributed by atoms with Gasteiger partial charge in [0.05, 0.1) is 18.7 Å². The van der Waals surface area contributed by atoms with Crippen LogP contribution in [0.25, 0.3) is 11.1 Å². The highest BCUT2D eigenvalue weighted by Crippen LogP contribution is 2.43. The third kappa shape index (κ3) is 5.28. The van der Waals surface area contributed by atoms with E-state index in [9.17, 15) is 14.6 Å². The maximum atomic E-state index is 13.3. The number of rotatable bonds is 8. The summed E-state index contributed by atoms with van der Waals surface area (Å²) in [6.45, 7) is -0.136. The quantitative estimate of drug-likeness (QED) is 0.246. The largest absolute Gasteiger partial charge is 0.508 e. The van der Waals surface area contributed by atoms with Crippen molar-refractivity contribution in [1.29, 1.82) is 0 Å². The molecule has 194 valence electrons. The lowest BCUT2D eigenvalue weighted by Gasteiger charge is -2.29. The van der Waals surface area contributed by atoms with Crippen LogP contribution in [0.15, 0.2) is 97.1 Å². The maximum Gasteiger partial charge on any atom is 0.176 e. The monoisotopic (exact) mass is 526 g/mol. The molecule has 1 fully saturated rings. The Balaban J connectivity index is 1.46. The van der Waals surface area contributed by atoms with Crippen molar-refractivity contribution in [3.63, 3.8) is 0 Å². The molecule has 0 amide bonds. The predicted octanol–water partition coefficient (Wildman–Crippen LogP) is 6.86. The highest BCUT2D eigenvalue weighted by Gasteiger charge is 2.43. The summed E-state index contributed by atoms with van der Waals surface area (Å²) in [4.78, 5) is 4.25. The molecule has 4 aromatic rings. The van der Waals surface area contributed by atoms with Gasteiger partial charge in [-0.15, -0.1) is 0 Å². The number of aryl methyl sites for hydroxylation is 1. The molecule has 0 unspecified atom stereocenters. The van der Waals surface area contributed by atoms with Crippen LogP contribution < -0.4 is 4.90 Å². The van der Waals surface area contributed by atoms with E-state index in [4.69, 9.17) is 12.2 Å². The van der Waals surface area contributed by atoms with Crippen LogP contribution >= 0.6 is 12.2 Å². The van der Waals surface area contributed by atoms with Gasteiger partial charge in [0.1, 0.15) is 11.6 Å². The molecular formula is C32H31FN2O2S. The van der Waals surface area contributed by atoms with Crippen LogP contribution in [0.3, 0.4) is 0 Å². The lowest BCUT2D eigenvalue weighted by molar-refractivity contribution is 0.281. The van der Waals surface area contributed by atoms with Crippen LogP contribution in [0.1, 0.15) is 35.6 Å². The van der Waals surface area contributed by atoms with Gasteiger partial charge in [0.25, 0.3) is 0 Å².